The van der Waals surface area contributed by atoms with Crippen molar-refractivity contribution in [1.82, 2.24) is 0 Å². The molecule has 116 heavy (non-hydrogen) atoms. The van der Waals surface area contributed by atoms with E-state index in [0.29, 0.717) is 51.6 Å². The first-order valence-electron chi connectivity index (χ1n) is 40.4. The van der Waals surface area contributed by atoms with Gasteiger partial charge in [-0.05, 0) is 272 Å². The summed E-state index contributed by atoms with van der Waals surface area (Å²) in [4.78, 5) is 0. The van der Waals surface area contributed by atoms with Gasteiger partial charge in [-0.3, -0.25) is 0 Å². The first-order chi connectivity index (χ1) is 57.0. The van der Waals surface area contributed by atoms with Gasteiger partial charge in [0.1, 0.15) is 29.0 Å². The molecule has 0 radical (unpaired) electrons. The zero-order valence-corrected chi connectivity index (χ0v) is 67.0. The van der Waals surface area contributed by atoms with Crippen LogP contribution in [0.1, 0.15) is 112 Å². The molecule has 0 aliphatic rings. The molecule has 8 nitrogen and oxygen atoms in total. The molecule has 0 heterocycles. The van der Waals surface area contributed by atoms with Crippen LogP contribution in [0.25, 0.3) is 0 Å². The minimum atomic E-state index is -0.191. The van der Waals surface area contributed by atoms with Gasteiger partial charge in [-0.15, -0.1) is 0 Å². The Morgan fingerprint density at radius 3 is 0.957 bits per heavy atom. The Bertz CT molecular complexity index is 4870. The second kappa shape index (κ2) is 53.5. The molecule has 0 aliphatic heterocycles. The van der Waals surface area contributed by atoms with Crippen LogP contribution in [0.2, 0.25) is 0 Å². The molecule has 0 fully saturated rings. The van der Waals surface area contributed by atoms with Gasteiger partial charge in [-0.25, -0.2) is 13.2 Å². The summed E-state index contributed by atoms with van der Waals surface area (Å²) in [7, 11) is 0. The number of hydrogen-bond acceptors (Lipinski definition) is 8. The molecule has 0 aromatic heterocycles. The van der Waals surface area contributed by atoms with E-state index in [0.717, 1.165) is 123 Å². The summed E-state index contributed by atoms with van der Waals surface area (Å²) in [5, 5.41) is 0. The number of halogens is 3. The average molecular weight is 1550 g/mol. The van der Waals surface area contributed by atoms with Crippen LogP contribution >= 0.6 is 0 Å². The van der Waals surface area contributed by atoms with Crippen molar-refractivity contribution in [2.24, 2.45) is 40.1 Å². The topological polar surface area (TPSA) is 191 Å². The number of para-hydroxylation sites is 2. The fraction of sp³-hybridized carbons (Fsp3) is 0.200. The maximum Gasteiger partial charge on any atom is 0.130 e. The lowest BCUT2D eigenvalue weighted by Crippen LogP contribution is -2.14. The zero-order chi connectivity index (χ0) is 81.8. The van der Waals surface area contributed by atoms with Crippen molar-refractivity contribution < 1.29 is 17.9 Å². The number of ether oxygens (including phenoxy) is 1. The van der Waals surface area contributed by atoms with E-state index in [1.807, 2.05) is 140 Å². The minimum Gasteiger partial charge on any atom is -0.457 e. The van der Waals surface area contributed by atoms with E-state index < -0.39 is 0 Å². The van der Waals surface area contributed by atoms with Gasteiger partial charge in [0.05, 0.1) is 0 Å². The molecule has 11 heteroatoms. The van der Waals surface area contributed by atoms with Gasteiger partial charge in [0, 0.05) is 12.3 Å². The summed E-state index contributed by atoms with van der Waals surface area (Å²) in [5.74, 6) is 1.65. The molecule has 0 saturated carbocycles. The van der Waals surface area contributed by atoms with Crippen LogP contribution in [0.3, 0.4) is 0 Å². The van der Waals surface area contributed by atoms with Crippen LogP contribution < -0.4 is 44.9 Å². The fourth-order valence-corrected chi connectivity index (χ4v) is 13.5. The monoisotopic (exact) mass is 1550 g/mol. The summed E-state index contributed by atoms with van der Waals surface area (Å²) in [6, 6.07) is 122. The molecule has 598 valence electrons. The SMILES string of the molecule is NCC(Cc1ccccc1)c1ccccc1.NCCCc1ccccc1Cc1ccccc1.NCCc1ccccc1Cc1ccc(F)cc1.NCCc1ccccc1Cc1cccc(F)c1.NCCc1ccccc1Cc1ccccc1.NCCc1ccccc1Cc1ccccc1F.NCCc1ccccc1Oc1ccccc1. The number of benzene rings is 14. The molecule has 0 amide bonds. The van der Waals surface area contributed by atoms with Crippen LogP contribution in [-0.2, 0) is 77.0 Å². The van der Waals surface area contributed by atoms with E-state index in [9.17, 15) is 13.2 Å². The molecule has 0 aliphatic carbocycles. The first-order valence-corrected chi connectivity index (χ1v) is 40.4. The van der Waals surface area contributed by atoms with Gasteiger partial charge in [-0.1, -0.05) is 322 Å². The standard InChI is InChI=1S/C16H19N.3C15H16FN.2C15H17N.C14H15NO/c17-12-6-11-15-9-4-5-10-16(15)13-14-7-2-1-3-8-14;16-15-7-3-4-12(11-15)10-14-6-2-1-5-13(14)8-9-17;16-15-8-4-3-7-14(15)11-13-6-2-1-5-12(13)9-10-17;16-15-7-5-12(6-8-15)11-14-4-2-1-3-13(14)9-10-17;16-12-15(14-9-5-2-6-10-14)11-13-7-3-1-4-8-13;16-11-10-14-8-4-5-9-15(14)12-13-6-2-1-3-7-13;15-11-10-12-6-4-5-9-14(12)16-13-7-2-1-3-8-13/h1-5,7-10H,6,11-13,17H2;1-7,11H,8-10,17H2;2*1-8H,9-11,17H2;1-10,15H,11-12,16H2;1-9H,10-12,16H2;1-9H,10-11,15H2. The van der Waals surface area contributed by atoms with E-state index in [-0.39, 0.29) is 17.5 Å². The van der Waals surface area contributed by atoms with Gasteiger partial charge < -0.3 is 44.9 Å². The second-order valence-electron chi connectivity index (χ2n) is 28.2. The molecule has 14 N–H and O–H groups in total. The Morgan fingerprint density at radius 1 is 0.233 bits per heavy atom. The summed E-state index contributed by atoms with van der Waals surface area (Å²) in [6.07, 6.45) is 11.8. The third-order valence-electron chi connectivity index (χ3n) is 19.5. The highest BCUT2D eigenvalue weighted by atomic mass is 19.1. The van der Waals surface area contributed by atoms with Gasteiger partial charge in [-0.2, -0.15) is 0 Å². The van der Waals surface area contributed by atoms with Crippen molar-refractivity contribution >= 4 is 0 Å². The lowest BCUT2D eigenvalue weighted by molar-refractivity contribution is 0.476. The Kier molecular flexibility index (Phi) is 41.4. The highest BCUT2D eigenvalue weighted by Crippen LogP contribution is 2.27. The van der Waals surface area contributed by atoms with Crippen LogP contribution in [0, 0.1) is 17.5 Å². The number of aryl methyl sites for hydroxylation is 1. The maximum absolute atomic E-state index is 13.6. The largest absolute Gasteiger partial charge is 0.457 e. The Labute approximate surface area is 688 Å². The van der Waals surface area contributed by atoms with Gasteiger partial charge in [0.25, 0.3) is 0 Å². The third kappa shape index (κ3) is 33.1. The Hall–Kier alpha value is -11.6. The number of hydrogen-bond donors (Lipinski definition) is 7. The molecule has 14 aromatic carbocycles. The Balaban J connectivity index is 0.000000169. The van der Waals surface area contributed by atoms with Crippen LogP contribution in [0.15, 0.2) is 370 Å². The molecule has 1 unspecified atom stereocenters. The summed E-state index contributed by atoms with van der Waals surface area (Å²) < 4.78 is 45.3. The van der Waals surface area contributed by atoms with E-state index >= 15 is 0 Å². The van der Waals surface area contributed by atoms with Crippen LogP contribution in [0.4, 0.5) is 13.2 Å². The normalized spacial score (nSPS) is 10.6. The van der Waals surface area contributed by atoms with Gasteiger partial charge >= 0.3 is 0 Å². The Morgan fingerprint density at radius 2 is 0.552 bits per heavy atom. The van der Waals surface area contributed by atoms with E-state index in [2.05, 4.69) is 188 Å². The molecule has 0 bridgehead atoms. The maximum atomic E-state index is 13.6. The molecule has 14 rings (SSSR count). The lowest BCUT2D eigenvalue weighted by atomic mass is 9.92. The van der Waals surface area contributed by atoms with Crippen molar-refractivity contribution in [2.45, 2.75) is 89.4 Å². The van der Waals surface area contributed by atoms with Crippen molar-refractivity contribution in [2.75, 3.05) is 45.8 Å². The predicted octanol–water partition coefficient (Wildman–Crippen LogP) is 20.7. The van der Waals surface area contributed by atoms with Gasteiger partial charge in [0.15, 0.2) is 0 Å². The van der Waals surface area contributed by atoms with Crippen molar-refractivity contribution in [3.05, 3.63) is 488 Å². The van der Waals surface area contributed by atoms with Crippen LogP contribution in [0.5, 0.6) is 11.5 Å². The smallest absolute Gasteiger partial charge is 0.130 e. The minimum absolute atomic E-state index is 0.143. The highest BCUT2D eigenvalue weighted by Gasteiger charge is 2.12. The molecule has 1 atom stereocenters. The van der Waals surface area contributed by atoms with Crippen molar-refractivity contribution in [3.8, 4) is 11.5 Å². The fourth-order valence-electron chi connectivity index (χ4n) is 13.5. The summed E-state index contributed by atoms with van der Waals surface area (Å²) >= 11 is 0. The first kappa shape index (κ1) is 89.9. The van der Waals surface area contributed by atoms with Crippen LogP contribution in [-0.4, -0.2) is 45.8 Å². The number of rotatable bonds is 29. The van der Waals surface area contributed by atoms with Gasteiger partial charge in [0.2, 0.25) is 0 Å². The van der Waals surface area contributed by atoms with E-state index in [1.165, 1.54) is 96.6 Å². The average Bonchev–Trinajstić information content (AvgIpc) is 0.887. The molecule has 0 spiro atoms. The van der Waals surface area contributed by atoms with E-state index in [1.54, 1.807) is 18.2 Å². The number of nitrogens with two attached hydrogens (primary N) is 7. The predicted molar refractivity (Wildman–Crippen MR) is 481 cm³/mol. The summed E-state index contributed by atoms with van der Waals surface area (Å²) in [6.45, 7) is 4.72. The molecular weight excluding hydrogens is 1430 g/mol. The third-order valence-corrected chi connectivity index (χ3v) is 19.5. The molecule has 14 aromatic rings. The van der Waals surface area contributed by atoms with E-state index in [4.69, 9.17) is 44.9 Å². The quantitative estimate of drug-likeness (QED) is 0.0241. The lowest BCUT2D eigenvalue weighted by Gasteiger charge is -2.15. The highest BCUT2D eigenvalue weighted by molar-refractivity contribution is 5.41. The molecular formula is C105H116F3N7O. The zero-order valence-electron chi connectivity index (χ0n) is 67.0. The summed E-state index contributed by atoms with van der Waals surface area (Å²) in [5.41, 5.74) is 61.8. The van der Waals surface area contributed by atoms with Crippen molar-refractivity contribution in [3.63, 3.8) is 0 Å². The second-order valence-corrected chi connectivity index (χ2v) is 28.2. The van der Waals surface area contributed by atoms with Crippen molar-refractivity contribution in [1.29, 1.82) is 0 Å². The molecule has 0 saturated heterocycles.